The first kappa shape index (κ1) is 45.4. The van der Waals surface area contributed by atoms with Crippen LogP contribution in [0, 0.1) is 0 Å². The van der Waals surface area contributed by atoms with E-state index in [0.717, 1.165) is 64.2 Å². The van der Waals surface area contributed by atoms with Crippen molar-refractivity contribution in [3.8, 4) is 0 Å². The fourth-order valence-corrected chi connectivity index (χ4v) is 5.97. The van der Waals surface area contributed by atoms with E-state index in [4.69, 9.17) is 14.2 Å². The molecule has 278 valence electrons. The molecule has 6 heteroatoms. The fraction of sp³-hybridized carbons (Fsp3) is 0.927. The van der Waals surface area contributed by atoms with Crippen LogP contribution in [0.15, 0.2) is 0 Å². The van der Waals surface area contributed by atoms with Gasteiger partial charge in [-0.3, -0.25) is 14.4 Å². The Morgan fingerprint density at radius 3 is 0.851 bits per heavy atom. The Hall–Kier alpha value is -1.59. The van der Waals surface area contributed by atoms with Gasteiger partial charge in [0.25, 0.3) is 0 Å². The standard InChI is InChI=1S/C41H78O6/c1-4-7-10-13-15-17-19-20-21-22-24-25-28-31-34-40(43)46-37-38(36-45-39(42)33-30-27-12-9-6-3)47-41(44)35-32-29-26-23-18-16-14-11-8-5-2/h38H,4-37H2,1-3H3/t38-/m1/s1. The van der Waals surface area contributed by atoms with Gasteiger partial charge in [0, 0.05) is 19.3 Å². The van der Waals surface area contributed by atoms with Gasteiger partial charge in [-0.2, -0.15) is 0 Å². The van der Waals surface area contributed by atoms with E-state index in [9.17, 15) is 14.4 Å². The van der Waals surface area contributed by atoms with Gasteiger partial charge < -0.3 is 14.2 Å². The third-order valence-corrected chi connectivity index (χ3v) is 9.11. The van der Waals surface area contributed by atoms with Gasteiger partial charge in [0.05, 0.1) is 0 Å². The van der Waals surface area contributed by atoms with Crippen LogP contribution in [-0.2, 0) is 28.6 Å². The third kappa shape index (κ3) is 35.5. The largest absolute Gasteiger partial charge is 0.462 e. The Balaban J connectivity index is 4.21. The molecular weight excluding hydrogens is 588 g/mol. The molecule has 0 saturated heterocycles. The zero-order chi connectivity index (χ0) is 34.5. The van der Waals surface area contributed by atoms with Crippen molar-refractivity contribution in [1.29, 1.82) is 0 Å². The highest BCUT2D eigenvalue weighted by Crippen LogP contribution is 2.15. The summed E-state index contributed by atoms with van der Waals surface area (Å²) in [5.74, 6) is -0.874. The summed E-state index contributed by atoms with van der Waals surface area (Å²) in [7, 11) is 0. The Kier molecular flexibility index (Phi) is 36.0. The Labute approximate surface area is 291 Å². The molecule has 0 aliphatic carbocycles. The molecule has 0 radical (unpaired) electrons. The smallest absolute Gasteiger partial charge is 0.306 e. The summed E-state index contributed by atoms with van der Waals surface area (Å²) in [6.45, 7) is 6.54. The van der Waals surface area contributed by atoms with Gasteiger partial charge in [0.2, 0.25) is 0 Å². The van der Waals surface area contributed by atoms with E-state index in [1.54, 1.807) is 0 Å². The normalized spacial score (nSPS) is 11.8. The van der Waals surface area contributed by atoms with E-state index in [-0.39, 0.29) is 31.1 Å². The summed E-state index contributed by atoms with van der Waals surface area (Å²) < 4.78 is 16.5. The zero-order valence-electron chi connectivity index (χ0n) is 31.6. The molecule has 0 aromatic carbocycles. The average molecular weight is 667 g/mol. The molecule has 0 aromatic heterocycles. The van der Waals surface area contributed by atoms with Crippen molar-refractivity contribution < 1.29 is 28.6 Å². The Morgan fingerprint density at radius 2 is 0.574 bits per heavy atom. The number of esters is 3. The first-order valence-electron chi connectivity index (χ1n) is 20.5. The second-order valence-electron chi connectivity index (χ2n) is 13.9. The lowest BCUT2D eigenvalue weighted by atomic mass is 10.0. The molecule has 0 fully saturated rings. The summed E-state index contributed by atoms with van der Waals surface area (Å²) in [6.07, 6.45) is 35.4. The van der Waals surface area contributed by atoms with E-state index in [1.807, 2.05) is 0 Å². The molecule has 0 saturated carbocycles. The maximum absolute atomic E-state index is 12.6. The van der Waals surface area contributed by atoms with Gasteiger partial charge in [-0.15, -0.1) is 0 Å². The lowest BCUT2D eigenvalue weighted by Gasteiger charge is -2.18. The minimum atomic E-state index is -0.755. The van der Waals surface area contributed by atoms with Crippen LogP contribution in [0.25, 0.3) is 0 Å². The zero-order valence-corrected chi connectivity index (χ0v) is 31.6. The van der Waals surface area contributed by atoms with Gasteiger partial charge in [0.1, 0.15) is 13.2 Å². The number of carbonyl (C=O) groups is 3. The highest BCUT2D eigenvalue weighted by Gasteiger charge is 2.19. The number of ether oxygens (including phenoxy) is 3. The van der Waals surface area contributed by atoms with Gasteiger partial charge >= 0.3 is 17.9 Å². The summed E-state index contributed by atoms with van der Waals surface area (Å²) in [4.78, 5) is 37.2. The molecule has 0 unspecified atom stereocenters. The van der Waals surface area contributed by atoms with Crippen LogP contribution in [0.1, 0.15) is 226 Å². The number of carbonyl (C=O) groups excluding carboxylic acids is 3. The predicted octanol–water partition coefficient (Wildman–Crippen LogP) is 12.5. The van der Waals surface area contributed by atoms with Gasteiger partial charge in [-0.1, -0.05) is 188 Å². The topological polar surface area (TPSA) is 78.9 Å². The summed E-state index contributed by atoms with van der Waals surface area (Å²) in [5, 5.41) is 0. The molecule has 0 amide bonds. The van der Waals surface area contributed by atoms with E-state index in [1.165, 1.54) is 122 Å². The Bertz CT molecular complexity index is 693. The van der Waals surface area contributed by atoms with E-state index in [0.29, 0.717) is 19.3 Å². The molecule has 0 aliphatic rings. The molecule has 0 bridgehead atoms. The van der Waals surface area contributed by atoms with Crippen molar-refractivity contribution >= 4 is 17.9 Å². The van der Waals surface area contributed by atoms with Gasteiger partial charge in [-0.05, 0) is 19.3 Å². The molecule has 0 heterocycles. The molecule has 0 aromatic rings. The lowest BCUT2D eigenvalue weighted by molar-refractivity contribution is -0.167. The number of rotatable bonds is 37. The minimum Gasteiger partial charge on any atom is -0.462 e. The molecule has 6 nitrogen and oxygen atoms in total. The van der Waals surface area contributed by atoms with Crippen molar-refractivity contribution in [2.24, 2.45) is 0 Å². The van der Waals surface area contributed by atoms with Crippen molar-refractivity contribution in [1.82, 2.24) is 0 Å². The highest BCUT2D eigenvalue weighted by molar-refractivity contribution is 5.71. The van der Waals surface area contributed by atoms with Crippen LogP contribution in [0.5, 0.6) is 0 Å². The predicted molar refractivity (Wildman–Crippen MR) is 197 cm³/mol. The number of hydrogen-bond donors (Lipinski definition) is 0. The molecule has 47 heavy (non-hydrogen) atoms. The van der Waals surface area contributed by atoms with E-state index >= 15 is 0 Å². The maximum atomic E-state index is 12.6. The second-order valence-corrected chi connectivity index (χ2v) is 13.9. The molecule has 0 N–H and O–H groups in total. The average Bonchev–Trinajstić information content (AvgIpc) is 3.06. The van der Waals surface area contributed by atoms with Crippen LogP contribution in [0.4, 0.5) is 0 Å². The minimum absolute atomic E-state index is 0.0645. The van der Waals surface area contributed by atoms with E-state index in [2.05, 4.69) is 20.8 Å². The quantitative estimate of drug-likeness (QED) is 0.0373. The first-order valence-corrected chi connectivity index (χ1v) is 20.5. The van der Waals surface area contributed by atoms with Gasteiger partial charge in [0.15, 0.2) is 6.10 Å². The first-order chi connectivity index (χ1) is 23.0. The summed E-state index contributed by atoms with van der Waals surface area (Å²) >= 11 is 0. The number of unbranched alkanes of at least 4 members (excludes halogenated alkanes) is 26. The van der Waals surface area contributed by atoms with Crippen LogP contribution >= 0.6 is 0 Å². The Morgan fingerprint density at radius 1 is 0.340 bits per heavy atom. The van der Waals surface area contributed by atoms with Crippen molar-refractivity contribution in [2.45, 2.75) is 232 Å². The van der Waals surface area contributed by atoms with E-state index < -0.39 is 6.10 Å². The summed E-state index contributed by atoms with van der Waals surface area (Å²) in [6, 6.07) is 0. The third-order valence-electron chi connectivity index (χ3n) is 9.11. The van der Waals surface area contributed by atoms with Crippen molar-refractivity contribution in [3.63, 3.8) is 0 Å². The monoisotopic (exact) mass is 667 g/mol. The highest BCUT2D eigenvalue weighted by atomic mass is 16.6. The number of hydrogen-bond acceptors (Lipinski definition) is 6. The molecule has 0 spiro atoms. The molecular formula is C41H78O6. The van der Waals surface area contributed by atoms with Crippen LogP contribution in [-0.4, -0.2) is 37.2 Å². The van der Waals surface area contributed by atoms with Crippen LogP contribution in [0.2, 0.25) is 0 Å². The summed E-state index contributed by atoms with van der Waals surface area (Å²) in [5.41, 5.74) is 0. The van der Waals surface area contributed by atoms with Gasteiger partial charge in [-0.25, -0.2) is 0 Å². The SMILES string of the molecule is CCCCCCCCCCCCCCCCC(=O)OC[C@@H](COC(=O)CCCCCCC)OC(=O)CCCCCCCCCCCC. The molecule has 1 atom stereocenters. The van der Waals surface area contributed by atoms with Crippen LogP contribution in [0.3, 0.4) is 0 Å². The fourth-order valence-electron chi connectivity index (χ4n) is 5.97. The molecule has 0 aliphatic heterocycles. The van der Waals surface area contributed by atoms with Crippen LogP contribution < -0.4 is 0 Å². The maximum Gasteiger partial charge on any atom is 0.306 e. The second kappa shape index (κ2) is 37.2. The van der Waals surface area contributed by atoms with Crippen molar-refractivity contribution in [2.75, 3.05) is 13.2 Å². The lowest BCUT2D eigenvalue weighted by Crippen LogP contribution is -2.30. The molecule has 0 rings (SSSR count). The van der Waals surface area contributed by atoms with Crippen molar-refractivity contribution in [3.05, 3.63) is 0 Å².